The standard InChI is InChI=1S/C17H20FNS/c1-13-3-9-17(10-4-13)20-12-16(19-2)11-14-5-7-15(18)8-6-14/h3-10,16,19H,11-12H2,1-2H3. The smallest absolute Gasteiger partial charge is 0.123 e. The van der Waals surface area contributed by atoms with E-state index in [0.29, 0.717) is 6.04 Å². The van der Waals surface area contributed by atoms with Gasteiger partial charge in [0.05, 0.1) is 0 Å². The minimum atomic E-state index is -0.177. The quantitative estimate of drug-likeness (QED) is 0.805. The number of rotatable bonds is 6. The molecule has 0 amide bonds. The van der Waals surface area contributed by atoms with Gasteiger partial charge in [-0.25, -0.2) is 4.39 Å². The normalized spacial score (nSPS) is 12.3. The molecule has 0 heterocycles. The molecule has 0 spiro atoms. The van der Waals surface area contributed by atoms with Gasteiger partial charge in [-0.3, -0.25) is 0 Å². The predicted molar refractivity (Wildman–Crippen MR) is 84.9 cm³/mol. The molecule has 0 aromatic heterocycles. The largest absolute Gasteiger partial charge is 0.316 e. The Morgan fingerprint density at radius 3 is 2.30 bits per heavy atom. The number of likely N-dealkylation sites (N-methyl/N-ethyl adjacent to an activating group) is 1. The summed E-state index contributed by atoms with van der Waals surface area (Å²) in [6.45, 7) is 2.10. The van der Waals surface area contributed by atoms with Crippen LogP contribution >= 0.6 is 11.8 Å². The van der Waals surface area contributed by atoms with Crippen LogP contribution in [0.1, 0.15) is 11.1 Å². The summed E-state index contributed by atoms with van der Waals surface area (Å²) in [5.41, 5.74) is 2.45. The second kappa shape index (κ2) is 7.46. The van der Waals surface area contributed by atoms with Crippen molar-refractivity contribution in [3.63, 3.8) is 0 Å². The second-order valence-electron chi connectivity index (χ2n) is 4.94. The molecule has 2 aromatic carbocycles. The Balaban J connectivity index is 1.88. The lowest BCUT2D eigenvalue weighted by atomic mass is 10.1. The molecule has 0 saturated carbocycles. The average Bonchev–Trinajstić information content (AvgIpc) is 2.47. The van der Waals surface area contributed by atoms with Gasteiger partial charge in [-0.15, -0.1) is 11.8 Å². The summed E-state index contributed by atoms with van der Waals surface area (Å²) in [6.07, 6.45) is 0.912. The van der Waals surface area contributed by atoms with Gasteiger partial charge in [0, 0.05) is 16.7 Å². The van der Waals surface area contributed by atoms with Gasteiger partial charge in [-0.1, -0.05) is 29.8 Å². The molecule has 3 heteroatoms. The van der Waals surface area contributed by atoms with Crippen LogP contribution in [0.25, 0.3) is 0 Å². The van der Waals surface area contributed by atoms with E-state index in [4.69, 9.17) is 0 Å². The molecule has 2 aromatic rings. The SMILES string of the molecule is CNC(CSc1ccc(C)cc1)Cc1ccc(F)cc1. The highest BCUT2D eigenvalue weighted by molar-refractivity contribution is 7.99. The molecular formula is C17H20FNS. The van der Waals surface area contributed by atoms with Crippen molar-refractivity contribution in [3.8, 4) is 0 Å². The Labute approximate surface area is 124 Å². The number of hydrogen-bond donors (Lipinski definition) is 1. The first kappa shape index (κ1) is 15.1. The Kier molecular flexibility index (Phi) is 5.62. The van der Waals surface area contributed by atoms with Gasteiger partial charge in [-0.05, 0) is 50.2 Å². The minimum absolute atomic E-state index is 0.177. The number of halogens is 1. The lowest BCUT2D eigenvalue weighted by Gasteiger charge is -2.16. The molecule has 1 N–H and O–H groups in total. The first-order chi connectivity index (χ1) is 9.67. The Morgan fingerprint density at radius 2 is 1.70 bits per heavy atom. The molecule has 0 radical (unpaired) electrons. The molecule has 2 rings (SSSR count). The number of nitrogens with one attached hydrogen (secondary N) is 1. The summed E-state index contributed by atoms with van der Waals surface area (Å²) in [7, 11) is 1.98. The molecular weight excluding hydrogens is 269 g/mol. The first-order valence-electron chi connectivity index (χ1n) is 6.78. The van der Waals surface area contributed by atoms with Gasteiger partial charge >= 0.3 is 0 Å². The number of benzene rings is 2. The summed E-state index contributed by atoms with van der Waals surface area (Å²) in [4.78, 5) is 1.29. The highest BCUT2D eigenvalue weighted by Crippen LogP contribution is 2.20. The highest BCUT2D eigenvalue weighted by Gasteiger charge is 2.08. The lowest BCUT2D eigenvalue weighted by Crippen LogP contribution is -2.30. The van der Waals surface area contributed by atoms with E-state index in [1.165, 1.54) is 22.6 Å². The van der Waals surface area contributed by atoms with Crippen LogP contribution in [0.5, 0.6) is 0 Å². The molecule has 20 heavy (non-hydrogen) atoms. The third-order valence-electron chi connectivity index (χ3n) is 3.28. The van der Waals surface area contributed by atoms with E-state index in [-0.39, 0.29) is 5.82 Å². The van der Waals surface area contributed by atoms with Crippen LogP contribution < -0.4 is 5.32 Å². The fourth-order valence-corrected chi connectivity index (χ4v) is 2.99. The Morgan fingerprint density at radius 1 is 1.05 bits per heavy atom. The summed E-state index contributed by atoms with van der Waals surface area (Å²) in [5.74, 6) is 0.820. The molecule has 0 aliphatic heterocycles. The number of hydrogen-bond acceptors (Lipinski definition) is 2. The first-order valence-corrected chi connectivity index (χ1v) is 7.77. The zero-order chi connectivity index (χ0) is 14.4. The van der Waals surface area contributed by atoms with Crippen LogP contribution in [-0.2, 0) is 6.42 Å². The van der Waals surface area contributed by atoms with Crippen LogP contribution in [-0.4, -0.2) is 18.8 Å². The molecule has 106 valence electrons. The maximum absolute atomic E-state index is 12.9. The fourth-order valence-electron chi connectivity index (χ4n) is 1.98. The average molecular weight is 289 g/mol. The summed E-state index contributed by atoms with van der Waals surface area (Å²) >= 11 is 1.85. The molecule has 1 nitrogen and oxygen atoms in total. The van der Waals surface area contributed by atoms with Crippen LogP contribution in [0, 0.1) is 12.7 Å². The van der Waals surface area contributed by atoms with Crippen molar-refractivity contribution in [1.29, 1.82) is 0 Å². The van der Waals surface area contributed by atoms with E-state index in [2.05, 4.69) is 36.5 Å². The van der Waals surface area contributed by atoms with Crippen LogP contribution in [0.15, 0.2) is 53.4 Å². The lowest BCUT2D eigenvalue weighted by molar-refractivity contribution is 0.609. The number of thioether (sulfide) groups is 1. The van der Waals surface area contributed by atoms with Crippen molar-refractivity contribution in [2.45, 2.75) is 24.3 Å². The van der Waals surface area contributed by atoms with Gasteiger partial charge in [0.2, 0.25) is 0 Å². The third-order valence-corrected chi connectivity index (χ3v) is 4.45. The van der Waals surface area contributed by atoms with Gasteiger partial charge in [0.15, 0.2) is 0 Å². The van der Waals surface area contributed by atoms with E-state index in [1.807, 2.05) is 30.9 Å². The second-order valence-corrected chi connectivity index (χ2v) is 6.03. The van der Waals surface area contributed by atoms with Crippen molar-refractivity contribution < 1.29 is 4.39 Å². The topological polar surface area (TPSA) is 12.0 Å². The third kappa shape index (κ3) is 4.66. The minimum Gasteiger partial charge on any atom is -0.316 e. The van der Waals surface area contributed by atoms with E-state index < -0.39 is 0 Å². The van der Waals surface area contributed by atoms with Crippen molar-refractivity contribution in [2.24, 2.45) is 0 Å². The summed E-state index contributed by atoms with van der Waals surface area (Å²) in [6, 6.07) is 15.7. The van der Waals surface area contributed by atoms with Crippen molar-refractivity contribution >= 4 is 11.8 Å². The molecule has 1 unspecified atom stereocenters. The van der Waals surface area contributed by atoms with E-state index >= 15 is 0 Å². The molecule has 1 atom stereocenters. The van der Waals surface area contributed by atoms with E-state index in [9.17, 15) is 4.39 Å². The van der Waals surface area contributed by atoms with Crippen LogP contribution in [0.4, 0.5) is 4.39 Å². The van der Waals surface area contributed by atoms with E-state index in [0.717, 1.165) is 17.7 Å². The summed E-state index contributed by atoms with van der Waals surface area (Å²) in [5, 5.41) is 3.33. The Hall–Kier alpha value is -1.32. The molecule has 0 fully saturated rings. The maximum atomic E-state index is 12.9. The van der Waals surface area contributed by atoms with Crippen molar-refractivity contribution in [3.05, 3.63) is 65.5 Å². The fraction of sp³-hybridized carbons (Fsp3) is 0.294. The summed E-state index contributed by atoms with van der Waals surface area (Å²) < 4.78 is 12.9. The highest BCUT2D eigenvalue weighted by atomic mass is 32.2. The van der Waals surface area contributed by atoms with Gasteiger partial charge < -0.3 is 5.32 Å². The molecule has 0 aliphatic carbocycles. The van der Waals surface area contributed by atoms with Crippen LogP contribution in [0.2, 0.25) is 0 Å². The number of aryl methyl sites for hydroxylation is 1. The van der Waals surface area contributed by atoms with Crippen molar-refractivity contribution in [1.82, 2.24) is 5.32 Å². The zero-order valence-electron chi connectivity index (χ0n) is 11.9. The van der Waals surface area contributed by atoms with Gasteiger partial charge in [-0.2, -0.15) is 0 Å². The van der Waals surface area contributed by atoms with E-state index in [1.54, 1.807) is 0 Å². The monoisotopic (exact) mass is 289 g/mol. The van der Waals surface area contributed by atoms with Crippen molar-refractivity contribution in [2.75, 3.05) is 12.8 Å². The van der Waals surface area contributed by atoms with Gasteiger partial charge in [0.1, 0.15) is 5.82 Å². The van der Waals surface area contributed by atoms with Gasteiger partial charge in [0.25, 0.3) is 0 Å². The maximum Gasteiger partial charge on any atom is 0.123 e. The Bertz CT molecular complexity index is 522. The molecule has 0 aliphatic rings. The predicted octanol–water partition coefficient (Wildman–Crippen LogP) is 4.06. The molecule has 0 saturated heterocycles. The molecule has 0 bridgehead atoms. The zero-order valence-corrected chi connectivity index (χ0v) is 12.7. The van der Waals surface area contributed by atoms with Crippen LogP contribution in [0.3, 0.4) is 0 Å².